The van der Waals surface area contributed by atoms with Gasteiger partial charge in [0, 0.05) is 21.8 Å². The van der Waals surface area contributed by atoms with Crippen LogP contribution in [0.2, 0.25) is 10.0 Å². The van der Waals surface area contributed by atoms with Gasteiger partial charge in [-0.15, -0.1) is 0 Å². The molecule has 0 spiro atoms. The second kappa shape index (κ2) is 9.13. The van der Waals surface area contributed by atoms with Crippen LogP contribution < -0.4 is 14.8 Å². The fourth-order valence-electron chi connectivity index (χ4n) is 3.02. The lowest BCUT2D eigenvalue weighted by molar-refractivity contribution is -0.118. The molecule has 1 fully saturated rings. The second-order valence-electron chi connectivity index (χ2n) is 6.57. The number of benzene rings is 2. The van der Waals surface area contributed by atoms with Crippen LogP contribution in [-0.2, 0) is 14.8 Å². The summed E-state index contributed by atoms with van der Waals surface area (Å²) in [6.07, 6.45) is 3.83. The molecule has 9 heteroatoms. The zero-order valence-corrected chi connectivity index (χ0v) is 17.3. The summed E-state index contributed by atoms with van der Waals surface area (Å²) in [7, 11) is -3.55. The number of hydrogen-bond donors (Lipinski definition) is 2. The number of carbonyl (C=O) groups is 1. The molecule has 6 nitrogen and oxygen atoms in total. The molecule has 0 bridgehead atoms. The van der Waals surface area contributed by atoms with Crippen LogP contribution in [0.5, 0.6) is 5.75 Å². The number of hydrogen-bond acceptors (Lipinski definition) is 4. The number of amides is 1. The molecule has 1 aliphatic carbocycles. The van der Waals surface area contributed by atoms with Crippen molar-refractivity contribution in [3.63, 3.8) is 0 Å². The predicted molar refractivity (Wildman–Crippen MR) is 110 cm³/mol. The van der Waals surface area contributed by atoms with Crippen molar-refractivity contribution in [2.75, 3.05) is 11.9 Å². The maximum atomic E-state index is 12.4. The Labute approximate surface area is 174 Å². The van der Waals surface area contributed by atoms with E-state index in [1.165, 1.54) is 24.3 Å². The summed E-state index contributed by atoms with van der Waals surface area (Å²) in [4.78, 5) is 12.2. The molecule has 0 heterocycles. The van der Waals surface area contributed by atoms with Crippen molar-refractivity contribution in [3.8, 4) is 5.75 Å². The Bertz CT molecular complexity index is 923. The van der Waals surface area contributed by atoms with Gasteiger partial charge in [-0.3, -0.25) is 4.79 Å². The summed E-state index contributed by atoms with van der Waals surface area (Å²) in [5.41, 5.74) is 0.463. The van der Waals surface area contributed by atoms with Crippen LogP contribution in [-0.4, -0.2) is 27.0 Å². The highest BCUT2D eigenvalue weighted by Crippen LogP contribution is 2.23. The molecule has 3 rings (SSSR count). The van der Waals surface area contributed by atoms with Crippen molar-refractivity contribution in [1.82, 2.24) is 4.72 Å². The standard InChI is InChI=1S/C19H20Cl2N2O4S/c20-13-9-14(21)11-16(10-13)22-19(24)12-27-17-5-7-18(8-6-17)28(25,26)23-15-3-1-2-4-15/h5-11,15,23H,1-4,12H2,(H,22,24). The number of sulfonamides is 1. The molecular formula is C19H20Cl2N2O4S. The first-order chi connectivity index (χ1) is 13.3. The Hall–Kier alpha value is -1.80. The van der Waals surface area contributed by atoms with Gasteiger partial charge in [-0.2, -0.15) is 0 Å². The SMILES string of the molecule is O=C(COc1ccc(S(=O)(=O)NC2CCCC2)cc1)Nc1cc(Cl)cc(Cl)c1. The minimum absolute atomic E-state index is 0.00427. The van der Waals surface area contributed by atoms with Gasteiger partial charge >= 0.3 is 0 Å². The molecule has 0 aliphatic heterocycles. The number of halogens is 2. The first-order valence-electron chi connectivity index (χ1n) is 8.83. The van der Waals surface area contributed by atoms with E-state index in [0.29, 0.717) is 21.5 Å². The van der Waals surface area contributed by atoms with Crippen molar-refractivity contribution < 1.29 is 17.9 Å². The fourth-order valence-corrected chi connectivity index (χ4v) is 4.85. The molecule has 2 aromatic carbocycles. The van der Waals surface area contributed by atoms with Gasteiger partial charge in [-0.1, -0.05) is 36.0 Å². The van der Waals surface area contributed by atoms with E-state index in [0.717, 1.165) is 25.7 Å². The van der Waals surface area contributed by atoms with E-state index < -0.39 is 15.9 Å². The van der Waals surface area contributed by atoms with Crippen LogP contribution >= 0.6 is 23.2 Å². The summed E-state index contributed by atoms with van der Waals surface area (Å²) >= 11 is 11.8. The van der Waals surface area contributed by atoms with Crippen molar-refractivity contribution >= 4 is 44.8 Å². The Balaban J connectivity index is 1.54. The molecule has 0 saturated heterocycles. The largest absolute Gasteiger partial charge is 0.484 e. The van der Waals surface area contributed by atoms with Crippen LogP contribution in [0.3, 0.4) is 0 Å². The van der Waals surface area contributed by atoms with Crippen LogP contribution in [0.4, 0.5) is 5.69 Å². The fraction of sp³-hybridized carbons (Fsp3) is 0.316. The third-order valence-electron chi connectivity index (χ3n) is 4.33. The zero-order valence-electron chi connectivity index (χ0n) is 15.0. The highest BCUT2D eigenvalue weighted by molar-refractivity contribution is 7.89. The average Bonchev–Trinajstić information content (AvgIpc) is 3.12. The lowest BCUT2D eigenvalue weighted by Gasteiger charge is -2.13. The van der Waals surface area contributed by atoms with E-state index in [1.807, 2.05) is 0 Å². The van der Waals surface area contributed by atoms with Gasteiger partial charge in [0.2, 0.25) is 10.0 Å². The molecule has 150 valence electrons. The third-order valence-corrected chi connectivity index (χ3v) is 6.30. The normalized spacial score (nSPS) is 14.8. The van der Waals surface area contributed by atoms with E-state index >= 15 is 0 Å². The van der Waals surface area contributed by atoms with E-state index in [4.69, 9.17) is 27.9 Å². The molecular weight excluding hydrogens is 423 g/mol. The van der Waals surface area contributed by atoms with Gasteiger partial charge in [-0.25, -0.2) is 13.1 Å². The van der Waals surface area contributed by atoms with Crippen molar-refractivity contribution in [1.29, 1.82) is 0 Å². The van der Waals surface area contributed by atoms with Crippen molar-refractivity contribution in [2.45, 2.75) is 36.6 Å². The number of rotatable bonds is 7. The molecule has 0 radical (unpaired) electrons. The number of nitrogens with one attached hydrogen (secondary N) is 2. The van der Waals surface area contributed by atoms with Crippen LogP contribution in [0.15, 0.2) is 47.4 Å². The Morgan fingerprint density at radius 2 is 1.64 bits per heavy atom. The van der Waals surface area contributed by atoms with Gasteiger partial charge in [0.1, 0.15) is 5.75 Å². The summed E-state index contributed by atoms with van der Waals surface area (Å²) in [6.45, 7) is -0.240. The van der Waals surface area contributed by atoms with E-state index in [2.05, 4.69) is 10.0 Å². The molecule has 28 heavy (non-hydrogen) atoms. The maximum absolute atomic E-state index is 12.4. The van der Waals surface area contributed by atoms with Crippen molar-refractivity contribution in [3.05, 3.63) is 52.5 Å². The minimum Gasteiger partial charge on any atom is -0.484 e. The van der Waals surface area contributed by atoms with Gasteiger partial charge in [0.15, 0.2) is 6.61 Å². The van der Waals surface area contributed by atoms with Crippen LogP contribution in [0.1, 0.15) is 25.7 Å². The molecule has 2 aromatic rings. The first-order valence-corrected chi connectivity index (χ1v) is 11.1. The molecule has 1 saturated carbocycles. The van der Waals surface area contributed by atoms with E-state index in [-0.39, 0.29) is 17.5 Å². The van der Waals surface area contributed by atoms with E-state index in [9.17, 15) is 13.2 Å². The minimum atomic E-state index is -3.55. The topological polar surface area (TPSA) is 84.5 Å². The summed E-state index contributed by atoms with van der Waals surface area (Å²) in [5, 5.41) is 3.45. The van der Waals surface area contributed by atoms with Crippen LogP contribution in [0, 0.1) is 0 Å². The maximum Gasteiger partial charge on any atom is 0.262 e. The quantitative estimate of drug-likeness (QED) is 0.671. The smallest absolute Gasteiger partial charge is 0.262 e. The molecule has 2 N–H and O–H groups in total. The van der Waals surface area contributed by atoms with Gasteiger partial charge in [-0.05, 0) is 55.3 Å². The average molecular weight is 443 g/mol. The summed E-state index contributed by atoms with van der Waals surface area (Å²) in [5.74, 6) is -0.00276. The monoisotopic (exact) mass is 442 g/mol. The van der Waals surface area contributed by atoms with Crippen molar-refractivity contribution in [2.24, 2.45) is 0 Å². The van der Waals surface area contributed by atoms with Crippen LogP contribution in [0.25, 0.3) is 0 Å². The third kappa shape index (κ3) is 5.85. The Kier molecular flexibility index (Phi) is 6.82. The molecule has 1 amide bonds. The second-order valence-corrected chi connectivity index (χ2v) is 9.16. The Morgan fingerprint density at radius 3 is 2.25 bits per heavy atom. The van der Waals surface area contributed by atoms with Gasteiger partial charge in [0.25, 0.3) is 5.91 Å². The molecule has 0 atom stereocenters. The molecule has 0 unspecified atom stereocenters. The highest BCUT2D eigenvalue weighted by Gasteiger charge is 2.22. The lowest BCUT2D eigenvalue weighted by atomic mass is 10.3. The van der Waals surface area contributed by atoms with Gasteiger partial charge in [0.05, 0.1) is 4.90 Å². The molecule has 1 aliphatic rings. The number of anilines is 1. The summed E-state index contributed by atoms with van der Waals surface area (Å²) in [6, 6.07) is 10.7. The zero-order chi connectivity index (χ0) is 20.1. The van der Waals surface area contributed by atoms with E-state index in [1.54, 1.807) is 18.2 Å². The Morgan fingerprint density at radius 1 is 1.04 bits per heavy atom. The highest BCUT2D eigenvalue weighted by atomic mass is 35.5. The van der Waals surface area contributed by atoms with Gasteiger partial charge < -0.3 is 10.1 Å². The lowest BCUT2D eigenvalue weighted by Crippen LogP contribution is -2.32. The number of ether oxygens (including phenoxy) is 1. The molecule has 0 aromatic heterocycles. The first kappa shape index (κ1) is 20.9. The number of carbonyl (C=O) groups excluding carboxylic acids is 1. The predicted octanol–water partition coefficient (Wildman–Crippen LogP) is 4.23. The summed E-state index contributed by atoms with van der Waals surface area (Å²) < 4.78 is 32.9.